The van der Waals surface area contributed by atoms with Crippen molar-refractivity contribution in [1.82, 2.24) is 4.57 Å². The molecule has 2 aromatic rings. The standard InChI is InChI=1S/C17H21ClN2O/c1-11(2)20-12(3)9-16(13(20)4)17(21)10-19-15-7-5-14(18)6-8-15/h5-9,11,19H,10H2,1-4H3. The second-order valence-electron chi connectivity index (χ2n) is 5.53. The Kier molecular flexibility index (Phi) is 4.73. The van der Waals surface area contributed by atoms with E-state index in [-0.39, 0.29) is 12.3 Å². The van der Waals surface area contributed by atoms with Crippen molar-refractivity contribution in [3.63, 3.8) is 0 Å². The Morgan fingerprint density at radius 2 is 1.86 bits per heavy atom. The van der Waals surface area contributed by atoms with Crippen molar-refractivity contribution in [1.29, 1.82) is 0 Å². The number of nitrogens with one attached hydrogen (secondary N) is 1. The maximum absolute atomic E-state index is 12.4. The second-order valence-corrected chi connectivity index (χ2v) is 5.97. The van der Waals surface area contributed by atoms with Crippen molar-refractivity contribution in [3.8, 4) is 0 Å². The fourth-order valence-corrected chi connectivity index (χ4v) is 2.83. The summed E-state index contributed by atoms with van der Waals surface area (Å²) in [5.41, 5.74) is 3.84. The quantitative estimate of drug-likeness (QED) is 0.817. The molecule has 1 heterocycles. The molecule has 4 heteroatoms. The minimum absolute atomic E-state index is 0.102. The van der Waals surface area contributed by atoms with Crippen LogP contribution in [-0.2, 0) is 0 Å². The lowest BCUT2D eigenvalue weighted by Gasteiger charge is -2.13. The predicted octanol–water partition coefficient (Wildman–Crippen LogP) is 4.63. The molecular formula is C17H21ClN2O. The van der Waals surface area contributed by atoms with E-state index in [1.54, 1.807) is 12.1 Å². The van der Waals surface area contributed by atoms with Crippen LogP contribution in [0.5, 0.6) is 0 Å². The van der Waals surface area contributed by atoms with Crippen LogP contribution in [0.25, 0.3) is 0 Å². The average molecular weight is 305 g/mol. The molecule has 112 valence electrons. The van der Waals surface area contributed by atoms with Crippen molar-refractivity contribution in [2.24, 2.45) is 0 Å². The Labute approximate surface area is 130 Å². The number of rotatable bonds is 5. The van der Waals surface area contributed by atoms with E-state index in [9.17, 15) is 4.79 Å². The second kappa shape index (κ2) is 6.35. The first-order chi connectivity index (χ1) is 9.90. The maximum Gasteiger partial charge on any atom is 0.183 e. The molecule has 0 aliphatic rings. The highest BCUT2D eigenvalue weighted by Crippen LogP contribution is 2.21. The van der Waals surface area contributed by atoms with Crippen LogP contribution in [-0.4, -0.2) is 16.9 Å². The van der Waals surface area contributed by atoms with Gasteiger partial charge >= 0.3 is 0 Å². The topological polar surface area (TPSA) is 34.0 Å². The fourth-order valence-electron chi connectivity index (χ4n) is 2.70. The molecule has 0 spiro atoms. The molecule has 0 saturated carbocycles. The molecule has 3 nitrogen and oxygen atoms in total. The molecule has 1 aromatic heterocycles. The molecular weight excluding hydrogens is 284 g/mol. The third kappa shape index (κ3) is 3.48. The summed E-state index contributed by atoms with van der Waals surface area (Å²) in [6.07, 6.45) is 0. The summed E-state index contributed by atoms with van der Waals surface area (Å²) in [6, 6.07) is 9.68. The average Bonchev–Trinajstić information content (AvgIpc) is 2.73. The molecule has 0 aliphatic carbocycles. The van der Waals surface area contributed by atoms with E-state index in [0.29, 0.717) is 11.1 Å². The molecule has 2 rings (SSSR count). The van der Waals surface area contributed by atoms with E-state index in [1.807, 2.05) is 32.0 Å². The predicted molar refractivity (Wildman–Crippen MR) is 88.6 cm³/mol. The number of halogens is 1. The van der Waals surface area contributed by atoms with Gasteiger partial charge in [-0.15, -0.1) is 0 Å². The van der Waals surface area contributed by atoms with E-state index in [1.165, 1.54) is 0 Å². The lowest BCUT2D eigenvalue weighted by atomic mass is 10.1. The summed E-state index contributed by atoms with van der Waals surface area (Å²) in [4.78, 5) is 12.4. The molecule has 0 unspecified atom stereocenters. The number of benzene rings is 1. The summed E-state index contributed by atoms with van der Waals surface area (Å²) in [5, 5.41) is 3.83. The summed E-state index contributed by atoms with van der Waals surface area (Å²) in [6.45, 7) is 8.57. The Bertz CT molecular complexity index is 642. The van der Waals surface area contributed by atoms with Gasteiger partial charge in [-0.2, -0.15) is 0 Å². The van der Waals surface area contributed by atoms with Crippen LogP contribution in [0.15, 0.2) is 30.3 Å². The van der Waals surface area contributed by atoms with E-state index >= 15 is 0 Å². The largest absolute Gasteiger partial charge is 0.378 e. The summed E-state index contributed by atoms with van der Waals surface area (Å²) in [7, 11) is 0. The highest BCUT2D eigenvalue weighted by atomic mass is 35.5. The Hall–Kier alpha value is -1.74. The highest BCUT2D eigenvalue weighted by molar-refractivity contribution is 6.30. The molecule has 0 atom stereocenters. The van der Waals surface area contributed by atoms with Gasteiger partial charge in [-0.05, 0) is 58.0 Å². The molecule has 0 aliphatic heterocycles. The van der Waals surface area contributed by atoms with Crippen LogP contribution < -0.4 is 5.32 Å². The number of carbonyl (C=O) groups excluding carboxylic acids is 1. The number of Topliss-reactive ketones (excluding diaryl/α,β-unsaturated/α-hetero) is 1. The van der Waals surface area contributed by atoms with Crippen LogP contribution in [0.2, 0.25) is 5.02 Å². The zero-order valence-corrected chi connectivity index (χ0v) is 13.7. The normalized spacial score (nSPS) is 11.0. The summed E-state index contributed by atoms with van der Waals surface area (Å²) >= 11 is 5.84. The van der Waals surface area contributed by atoms with E-state index in [0.717, 1.165) is 22.6 Å². The van der Waals surface area contributed by atoms with Crippen molar-refractivity contribution in [2.75, 3.05) is 11.9 Å². The molecule has 0 saturated heterocycles. The van der Waals surface area contributed by atoms with Crippen LogP contribution in [0.4, 0.5) is 5.69 Å². The van der Waals surface area contributed by atoms with Gasteiger partial charge in [0.25, 0.3) is 0 Å². The number of aromatic nitrogens is 1. The Morgan fingerprint density at radius 3 is 2.38 bits per heavy atom. The number of anilines is 1. The van der Waals surface area contributed by atoms with Gasteiger partial charge in [0.15, 0.2) is 5.78 Å². The van der Waals surface area contributed by atoms with Crippen molar-refractivity contribution in [2.45, 2.75) is 33.7 Å². The molecule has 0 amide bonds. The van der Waals surface area contributed by atoms with Crippen LogP contribution in [0.1, 0.15) is 41.6 Å². The first-order valence-corrected chi connectivity index (χ1v) is 7.49. The monoisotopic (exact) mass is 304 g/mol. The Morgan fingerprint density at radius 1 is 1.24 bits per heavy atom. The molecule has 0 bridgehead atoms. The third-order valence-corrected chi connectivity index (χ3v) is 3.85. The number of hydrogen-bond acceptors (Lipinski definition) is 2. The Balaban J connectivity index is 2.10. The van der Waals surface area contributed by atoms with Gasteiger partial charge in [-0.1, -0.05) is 11.6 Å². The first-order valence-electron chi connectivity index (χ1n) is 7.11. The number of ketones is 1. The summed E-state index contributed by atoms with van der Waals surface area (Å²) < 4.78 is 2.19. The smallest absolute Gasteiger partial charge is 0.183 e. The first kappa shape index (κ1) is 15.6. The maximum atomic E-state index is 12.4. The lowest BCUT2D eigenvalue weighted by Crippen LogP contribution is -2.15. The lowest BCUT2D eigenvalue weighted by molar-refractivity contribution is 0.101. The van der Waals surface area contributed by atoms with Crippen LogP contribution in [0, 0.1) is 13.8 Å². The summed E-state index contributed by atoms with van der Waals surface area (Å²) in [5.74, 6) is 0.102. The minimum atomic E-state index is 0.102. The fraction of sp³-hybridized carbons (Fsp3) is 0.353. The number of aryl methyl sites for hydroxylation is 1. The molecule has 1 aromatic carbocycles. The van der Waals surface area contributed by atoms with Gasteiger partial charge in [0.05, 0.1) is 6.54 Å². The molecule has 1 N–H and O–H groups in total. The molecule has 0 radical (unpaired) electrons. The van der Waals surface area contributed by atoms with Crippen molar-refractivity contribution < 1.29 is 4.79 Å². The molecule has 21 heavy (non-hydrogen) atoms. The van der Waals surface area contributed by atoms with Gasteiger partial charge in [-0.25, -0.2) is 0 Å². The van der Waals surface area contributed by atoms with Gasteiger partial charge in [0.1, 0.15) is 0 Å². The van der Waals surface area contributed by atoms with Gasteiger partial charge in [-0.3, -0.25) is 4.79 Å². The van der Waals surface area contributed by atoms with Crippen molar-refractivity contribution in [3.05, 3.63) is 52.3 Å². The van der Waals surface area contributed by atoms with Gasteiger partial charge < -0.3 is 9.88 Å². The van der Waals surface area contributed by atoms with E-state index < -0.39 is 0 Å². The molecule has 0 fully saturated rings. The number of nitrogens with zero attached hydrogens (tertiary/aromatic N) is 1. The number of hydrogen-bond donors (Lipinski definition) is 1. The third-order valence-electron chi connectivity index (χ3n) is 3.60. The van der Waals surface area contributed by atoms with E-state index in [2.05, 4.69) is 23.7 Å². The van der Waals surface area contributed by atoms with E-state index in [4.69, 9.17) is 11.6 Å². The SMILES string of the molecule is Cc1cc(C(=O)CNc2ccc(Cl)cc2)c(C)n1C(C)C. The highest BCUT2D eigenvalue weighted by Gasteiger charge is 2.16. The van der Waals surface area contributed by atoms with Crippen molar-refractivity contribution >= 4 is 23.1 Å². The van der Waals surface area contributed by atoms with Crippen LogP contribution >= 0.6 is 11.6 Å². The van der Waals surface area contributed by atoms with Gasteiger partial charge in [0, 0.05) is 33.7 Å². The zero-order valence-electron chi connectivity index (χ0n) is 12.9. The minimum Gasteiger partial charge on any atom is -0.378 e. The van der Waals surface area contributed by atoms with Gasteiger partial charge in [0.2, 0.25) is 0 Å². The zero-order chi connectivity index (χ0) is 15.6. The van der Waals surface area contributed by atoms with Crippen LogP contribution in [0.3, 0.4) is 0 Å². The number of carbonyl (C=O) groups is 1.